The molecule has 1 N–H and O–H groups in total. The van der Waals surface area contributed by atoms with E-state index in [0.717, 1.165) is 10.9 Å². The van der Waals surface area contributed by atoms with Gasteiger partial charge in [0.05, 0.1) is 0 Å². The van der Waals surface area contributed by atoms with Gasteiger partial charge in [0, 0.05) is 22.9 Å². The number of rotatable bonds is 4. The van der Waals surface area contributed by atoms with Gasteiger partial charge in [-0.25, -0.2) is 0 Å². The van der Waals surface area contributed by atoms with Gasteiger partial charge in [0.2, 0.25) is 0 Å². The van der Waals surface area contributed by atoms with Gasteiger partial charge in [0.1, 0.15) is 0 Å². The van der Waals surface area contributed by atoms with Crippen molar-refractivity contribution in [1.82, 2.24) is 10.3 Å². The molecule has 2 nitrogen and oxygen atoms in total. The third kappa shape index (κ3) is 2.94. The van der Waals surface area contributed by atoms with E-state index < -0.39 is 0 Å². The van der Waals surface area contributed by atoms with Crippen LogP contribution in [0.3, 0.4) is 0 Å². The van der Waals surface area contributed by atoms with Crippen LogP contribution in [0.25, 0.3) is 0 Å². The molecular weight excluding hydrogens is 312 g/mol. The minimum Gasteiger partial charge on any atom is -0.313 e. The third-order valence-electron chi connectivity index (χ3n) is 4.07. The highest BCUT2D eigenvalue weighted by Crippen LogP contribution is 2.27. The van der Waals surface area contributed by atoms with Gasteiger partial charge in [-0.15, -0.1) is 0 Å². The van der Waals surface area contributed by atoms with Gasteiger partial charge >= 0.3 is 0 Å². The Bertz CT molecular complexity index is 610. The number of hydrogen-bond donors (Lipinski definition) is 1. The number of likely N-dealkylation sites (N-methyl/N-ethyl adjacent to an activating group) is 1. The minimum atomic E-state index is 0.344. The highest BCUT2D eigenvalue weighted by atomic mass is 79.9. The molecule has 1 atom stereocenters. The zero-order valence-corrected chi connectivity index (χ0v) is 13.3. The number of nitrogens with one attached hydrogen (secondary N) is 1. The highest BCUT2D eigenvalue weighted by Gasteiger charge is 2.15. The summed E-state index contributed by atoms with van der Waals surface area (Å²) >= 11 is 3.49. The number of aromatic nitrogens is 1. The molecule has 1 unspecified atom stereocenters. The van der Waals surface area contributed by atoms with E-state index in [9.17, 15) is 0 Å². The summed E-state index contributed by atoms with van der Waals surface area (Å²) in [5.74, 6) is 0. The lowest BCUT2D eigenvalue weighted by Gasteiger charge is -2.18. The second kappa shape index (κ2) is 6.06. The van der Waals surface area contributed by atoms with Crippen molar-refractivity contribution in [3.63, 3.8) is 0 Å². The Labute approximate surface area is 128 Å². The second-order valence-electron chi connectivity index (χ2n) is 5.44. The Morgan fingerprint density at radius 2 is 2.05 bits per heavy atom. The molecule has 1 heterocycles. The molecule has 1 aliphatic carbocycles. The molecule has 1 aromatic heterocycles. The molecule has 2 aromatic rings. The van der Waals surface area contributed by atoms with Gasteiger partial charge in [-0.05, 0) is 77.0 Å². The van der Waals surface area contributed by atoms with Gasteiger partial charge in [-0.3, -0.25) is 4.98 Å². The summed E-state index contributed by atoms with van der Waals surface area (Å²) in [4.78, 5) is 4.25. The Balaban J connectivity index is 1.83. The predicted octanol–water partition coefficient (Wildman–Crippen LogP) is 3.84. The first kappa shape index (κ1) is 13.8. The van der Waals surface area contributed by atoms with Crippen molar-refractivity contribution in [1.29, 1.82) is 0 Å². The summed E-state index contributed by atoms with van der Waals surface area (Å²) in [6.45, 7) is 0. The standard InChI is InChI=1S/C17H19BrN2/c1-19-17(8-12-7-16(18)11-20-10-12)15-6-5-13-3-2-4-14(13)9-15/h5-7,9-11,17,19H,2-4,8H2,1H3. The van der Waals surface area contributed by atoms with E-state index in [1.54, 1.807) is 0 Å². The van der Waals surface area contributed by atoms with Crippen LogP contribution >= 0.6 is 15.9 Å². The first-order valence-corrected chi connectivity index (χ1v) is 7.94. The van der Waals surface area contributed by atoms with Crippen molar-refractivity contribution in [2.75, 3.05) is 7.05 Å². The molecule has 20 heavy (non-hydrogen) atoms. The van der Waals surface area contributed by atoms with Crippen molar-refractivity contribution < 1.29 is 0 Å². The lowest BCUT2D eigenvalue weighted by molar-refractivity contribution is 0.590. The molecule has 1 aliphatic rings. The Morgan fingerprint density at radius 1 is 1.20 bits per heavy atom. The summed E-state index contributed by atoms with van der Waals surface area (Å²) in [6.07, 6.45) is 8.52. The van der Waals surface area contributed by atoms with E-state index in [0.29, 0.717) is 6.04 Å². The molecule has 0 bridgehead atoms. The maximum atomic E-state index is 4.25. The first-order valence-electron chi connectivity index (χ1n) is 7.14. The number of fused-ring (bicyclic) bond motifs is 1. The molecule has 3 rings (SSSR count). The number of nitrogens with zero attached hydrogens (tertiary/aromatic N) is 1. The van der Waals surface area contributed by atoms with Crippen LogP contribution in [0, 0.1) is 0 Å². The molecule has 0 spiro atoms. The summed E-state index contributed by atoms with van der Waals surface area (Å²) < 4.78 is 1.04. The van der Waals surface area contributed by atoms with Gasteiger partial charge < -0.3 is 5.32 Å². The molecule has 3 heteroatoms. The van der Waals surface area contributed by atoms with E-state index in [1.807, 2.05) is 19.4 Å². The summed E-state index contributed by atoms with van der Waals surface area (Å²) in [5, 5.41) is 3.43. The molecule has 0 aliphatic heterocycles. The van der Waals surface area contributed by atoms with Gasteiger partial charge in [0.25, 0.3) is 0 Å². The van der Waals surface area contributed by atoms with Gasteiger partial charge in [0.15, 0.2) is 0 Å². The number of benzene rings is 1. The number of aryl methyl sites for hydroxylation is 2. The Morgan fingerprint density at radius 3 is 2.85 bits per heavy atom. The quantitative estimate of drug-likeness (QED) is 0.921. The first-order chi connectivity index (χ1) is 9.76. The average Bonchev–Trinajstić information content (AvgIpc) is 2.92. The smallest absolute Gasteiger partial charge is 0.0410 e. The maximum Gasteiger partial charge on any atom is 0.0410 e. The van der Waals surface area contributed by atoms with Crippen LogP contribution in [-0.2, 0) is 19.3 Å². The molecule has 0 saturated heterocycles. The molecular formula is C17H19BrN2. The van der Waals surface area contributed by atoms with Crippen molar-refractivity contribution in [3.05, 3.63) is 63.4 Å². The molecule has 104 valence electrons. The van der Waals surface area contributed by atoms with Crippen molar-refractivity contribution in [3.8, 4) is 0 Å². The number of halogens is 1. The van der Waals surface area contributed by atoms with Crippen LogP contribution < -0.4 is 5.32 Å². The lowest BCUT2D eigenvalue weighted by atomic mass is 9.97. The van der Waals surface area contributed by atoms with Crippen LogP contribution in [-0.4, -0.2) is 12.0 Å². The van der Waals surface area contributed by atoms with E-state index >= 15 is 0 Å². The monoisotopic (exact) mass is 330 g/mol. The maximum absolute atomic E-state index is 4.25. The van der Waals surface area contributed by atoms with Gasteiger partial charge in [-0.2, -0.15) is 0 Å². The van der Waals surface area contributed by atoms with E-state index in [2.05, 4.69) is 50.5 Å². The molecule has 1 aromatic carbocycles. The fraction of sp³-hybridized carbons (Fsp3) is 0.353. The van der Waals surface area contributed by atoms with Crippen LogP contribution in [0.5, 0.6) is 0 Å². The lowest BCUT2D eigenvalue weighted by Crippen LogP contribution is -2.19. The average molecular weight is 331 g/mol. The molecule has 0 amide bonds. The zero-order chi connectivity index (χ0) is 13.9. The fourth-order valence-corrected chi connectivity index (χ4v) is 3.41. The summed E-state index contributed by atoms with van der Waals surface area (Å²) in [7, 11) is 2.03. The predicted molar refractivity (Wildman–Crippen MR) is 85.9 cm³/mol. The topological polar surface area (TPSA) is 24.9 Å². The summed E-state index contributed by atoms with van der Waals surface area (Å²) in [6, 6.07) is 9.45. The van der Waals surface area contributed by atoms with Crippen molar-refractivity contribution in [2.24, 2.45) is 0 Å². The van der Waals surface area contributed by atoms with Gasteiger partial charge in [-0.1, -0.05) is 18.2 Å². The Kier molecular flexibility index (Phi) is 4.18. The zero-order valence-electron chi connectivity index (χ0n) is 11.7. The van der Waals surface area contributed by atoms with E-state index in [4.69, 9.17) is 0 Å². The second-order valence-corrected chi connectivity index (χ2v) is 6.35. The minimum absolute atomic E-state index is 0.344. The number of hydrogen-bond acceptors (Lipinski definition) is 2. The van der Waals surface area contributed by atoms with Crippen molar-refractivity contribution >= 4 is 15.9 Å². The van der Waals surface area contributed by atoms with Crippen LogP contribution in [0.2, 0.25) is 0 Å². The van der Waals surface area contributed by atoms with E-state index in [1.165, 1.54) is 41.5 Å². The largest absolute Gasteiger partial charge is 0.313 e. The molecule has 0 radical (unpaired) electrons. The fourth-order valence-electron chi connectivity index (χ4n) is 3.00. The van der Waals surface area contributed by atoms with Crippen LogP contribution in [0.4, 0.5) is 0 Å². The summed E-state index contributed by atoms with van der Waals surface area (Å²) in [5.41, 5.74) is 5.70. The SMILES string of the molecule is CNC(Cc1cncc(Br)c1)c1ccc2c(c1)CCC2. The molecule has 0 fully saturated rings. The van der Waals surface area contributed by atoms with Crippen LogP contribution in [0.15, 0.2) is 41.1 Å². The third-order valence-corrected chi connectivity index (χ3v) is 4.51. The number of pyridine rings is 1. The van der Waals surface area contributed by atoms with Crippen molar-refractivity contribution in [2.45, 2.75) is 31.7 Å². The van der Waals surface area contributed by atoms with E-state index in [-0.39, 0.29) is 0 Å². The Hall–Kier alpha value is -1.19. The molecule has 0 saturated carbocycles. The highest BCUT2D eigenvalue weighted by molar-refractivity contribution is 9.10. The normalized spacial score (nSPS) is 15.1. The van der Waals surface area contributed by atoms with Crippen LogP contribution in [0.1, 0.15) is 34.7 Å².